The van der Waals surface area contributed by atoms with Crippen molar-refractivity contribution in [2.45, 2.75) is 6.54 Å². The van der Waals surface area contributed by atoms with Crippen LogP contribution in [0.2, 0.25) is 0 Å². The summed E-state index contributed by atoms with van der Waals surface area (Å²) in [5.41, 5.74) is 2.68. The van der Waals surface area contributed by atoms with Gasteiger partial charge in [0, 0.05) is 35.0 Å². The number of halogens is 1. The average Bonchev–Trinajstić information content (AvgIpc) is 2.91. The van der Waals surface area contributed by atoms with Crippen molar-refractivity contribution in [3.05, 3.63) is 64.5 Å². The first-order chi connectivity index (χ1) is 10.2. The standard InChI is InChI=1S/C16H13BrN2O2/c1-21-16(20)12-8-14(17)13-4-7-19(15(13)9-12)10-11-2-5-18-6-3-11/h2-9H,10H2,1H3. The monoisotopic (exact) mass is 344 g/mol. The quantitative estimate of drug-likeness (QED) is 0.681. The van der Waals surface area contributed by atoms with Crippen LogP contribution in [-0.4, -0.2) is 22.6 Å². The van der Waals surface area contributed by atoms with Gasteiger partial charge in [0.25, 0.3) is 0 Å². The van der Waals surface area contributed by atoms with Gasteiger partial charge in [0.1, 0.15) is 0 Å². The number of nitrogens with zero attached hydrogens (tertiary/aromatic N) is 2. The zero-order valence-electron chi connectivity index (χ0n) is 11.4. The molecule has 0 aliphatic heterocycles. The Hall–Kier alpha value is -2.14. The molecule has 0 amide bonds. The van der Waals surface area contributed by atoms with Crippen LogP contribution >= 0.6 is 15.9 Å². The summed E-state index contributed by atoms with van der Waals surface area (Å²) in [6, 6.07) is 9.62. The molecule has 3 rings (SSSR count). The Balaban J connectivity index is 2.07. The maximum absolute atomic E-state index is 11.7. The van der Waals surface area contributed by atoms with E-state index in [1.165, 1.54) is 7.11 Å². The van der Waals surface area contributed by atoms with Crippen LogP contribution in [0.15, 0.2) is 53.4 Å². The number of carbonyl (C=O) groups excluding carboxylic acids is 1. The summed E-state index contributed by atoms with van der Waals surface area (Å²) >= 11 is 3.51. The van der Waals surface area contributed by atoms with E-state index in [4.69, 9.17) is 4.74 Å². The topological polar surface area (TPSA) is 44.1 Å². The lowest BCUT2D eigenvalue weighted by Gasteiger charge is -2.07. The molecule has 21 heavy (non-hydrogen) atoms. The molecule has 0 N–H and O–H groups in total. The molecule has 0 spiro atoms. The van der Waals surface area contributed by atoms with E-state index in [0.29, 0.717) is 5.56 Å². The van der Waals surface area contributed by atoms with E-state index in [-0.39, 0.29) is 5.97 Å². The first-order valence-electron chi connectivity index (χ1n) is 6.44. The van der Waals surface area contributed by atoms with Gasteiger partial charge in [-0.05, 0) is 35.9 Å². The van der Waals surface area contributed by atoms with Gasteiger partial charge in [-0.3, -0.25) is 4.98 Å². The van der Waals surface area contributed by atoms with Crippen LogP contribution in [0, 0.1) is 0 Å². The molecule has 1 aromatic carbocycles. The van der Waals surface area contributed by atoms with Gasteiger partial charge in [-0.1, -0.05) is 15.9 Å². The van der Waals surface area contributed by atoms with Crippen molar-refractivity contribution in [2.75, 3.05) is 7.11 Å². The number of hydrogen-bond acceptors (Lipinski definition) is 3. The third-order valence-corrected chi connectivity index (χ3v) is 4.02. The van der Waals surface area contributed by atoms with E-state index < -0.39 is 0 Å². The third-order valence-electron chi connectivity index (χ3n) is 3.36. The lowest BCUT2D eigenvalue weighted by atomic mass is 10.1. The summed E-state index contributed by atoms with van der Waals surface area (Å²) in [4.78, 5) is 15.8. The minimum Gasteiger partial charge on any atom is -0.465 e. The Bertz CT molecular complexity index is 797. The first-order valence-corrected chi connectivity index (χ1v) is 7.24. The van der Waals surface area contributed by atoms with Crippen LogP contribution in [0.5, 0.6) is 0 Å². The van der Waals surface area contributed by atoms with Crippen molar-refractivity contribution < 1.29 is 9.53 Å². The van der Waals surface area contributed by atoms with Crippen molar-refractivity contribution in [2.24, 2.45) is 0 Å². The molecule has 0 saturated heterocycles. The van der Waals surface area contributed by atoms with Gasteiger partial charge in [0.15, 0.2) is 0 Å². The van der Waals surface area contributed by atoms with Gasteiger partial charge in [-0.25, -0.2) is 4.79 Å². The smallest absolute Gasteiger partial charge is 0.337 e. The molecule has 3 aromatic rings. The third kappa shape index (κ3) is 2.69. The van der Waals surface area contributed by atoms with Crippen LogP contribution in [0.25, 0.3) is 10.9 Å². The molecule has 0 aliphatic carbocycles. The molecule has 4 nitrogen and oxygen atoms in total. The molecule has 0 radical (unpaired) electrons. The van der Waals surface area contributed by atoms with Crippen LogP contribution in [-0.2, 0) is 11.3 Å². The second-order valence-corrected chi connectivity index (χ2v) is 5.54. The Morgan fingerprint density at radius 3 is 2.76 bits per heavy atom. The highest BCUT2D eigenvalue weighted by Crippen LogP contribution is 2.27. The van der Waals surface area contributed by atoms with E-state index in [0.717, 1.165) is 27.5 Å². The van der Waals surface area contributed by atoms with Gasteiger partial charge in [0.2, 0.25) is 0 Å². The van der Waals surface area contributed by atoms with E-state index in [1.54, 1.807) is 18.5 Å². The highest BCUT2D eigenvalue weighted by atomic mass is 79.9. The average molecular weight is 345 g/mol. The predicted molar refractivity (Wildman–Crippen MR) is 84.3 cm³/mol. The van der Waals surface area contributed by atoms with Crippen molar-refractivity contribution >= 4 is 32.8 Å². The summed E-state index contributed by atoms with van der Waals surface area (Å²) in [5, 5.41) is 1.07. The molecule has 0 bridgehead atoms. The maximum Gasteiger partial charge on any atom is 0.337 e. The van der Waals surface area contributed by atoms with E-state index in [2.05, 4.69) is 25.5 Å². The number of methoxy groups -OCH3 is 1. The minimum atomic E-state index is -0.339. The van der Waals surface area contributed by atoms with E-state index >= 15 is 0 Å². The number of hydrogen-bond donors (Lipinski definition) is 0. The lowest BCUT2D eigenvalue weighted by molar-refractivity contribution is 0.0601. The number of rotatable bonds is 3. The second-order valence-electron chi connectivity index (χ2n) is 4.68. The summed E-state index contributed by atoms with van der Waals surface area (Å²) in [5.74, 6) is -0.339. The Morgan fingerprint density at radius 2 is 2.05 bits per heavy atom. The van der Waals surface area contributed by atoms with Gasteiger partial charge in [-0.2, -0.15) is 0 Å². The van der Waals surface area contributed by atoms with Crippen molar-refractivity contribution in [3.8, 4) is 0 Å². The maximum atomic E-state index is 11.7. The van der Waals surface area contributed by atoms with Crippen LogP contribution in [0.3, 0.4) is 0 Å². The number of benzene rings is 1. The number of ether oxygens (including phenoxy) is 1. The number of esters is 1. The molecule has 2 heterocycles. The molecule has 0 aliphatic rings. The molecule has 0 atom stereocenters. The Morgan fingerprint density at radius 1 is 1.29 bits per heavy atom. The molecular formula is C16H13BrN2O2. The summed E-state index contributed by atoms with van der Waals surface area (Å²) in [6.45, 7) is 0.725. The minimum absolute atomic E-state index is 0.339. The largest absolute Gasteiger partial charge is 0.465 e. The van der Waals surface area contributed by atoms with Crippen molar-refractivity contribution in [3.63, 3.8) is 0 Å². The first kappa shape index (κ1) is 13.8. The molecule has 0 fully saturated rings. The second kappa shape index (κ2) is 5.69. The molecule has 106 valence electrons. The van der Waals surface area contributed by atoms with E-state index in [1.807, 2.05) is 30.5 Å². The van der Waals surface area contributed by atoms with Gasteiger partial charge in [-0.15, -0.1) is 0 Å². The normalized spacial score (nSPS) is 10.8. The van der Waals surface area contributed by atoms with Crippen LogP contribution in [0.1, 0.15) is 15.9 Å². The number of fused-ring (bicyclic) bond motifs is 1. The SMILES string of the molecule is COC(=O)c1cc(Br)c2ccn(Cc3ccncc3)c2c1. The number of carbonyl (C=O) groups is 1. The molecule has 0 saturated carbocycles. The van der Waals surface area contributed by atoms with Gasteiger partial charge in [0.05, 0.1) is 18.2 Å². The lowest BCUT2D eigenvalue weighted by Crippen LogP contribution is -2.03. The highest BCUT2D eigenvalue weighted by Gasteiger charge is 2.12. The summed E-state index contributed by atoms with van der Waals surface area (Å²) in [6.07, 6.45) is 5.56. The molecule has 2 aromatic heterocycles. The van der Waals surface area contributed by atoms with E-state index in [9.17, 15) is 4.79 Å². The fraction of sp³-hybridized carbons (Fsp3) is 0.125. The zero-order chi connectivity index (χ0) is 14.8. The summed E-state index contributed by atoms with van der Waals surface area (Å²) < 4.78 is 7.78. The van der Waals surface area contributed by atoms with Crippen LogP contribution < -0.4 is 0 Å². The highest BCUT2D eigenvalue weighted by molar-refractivity contribution is 9.10. The Kier molecular flexibility index (Phi) is 3.75. The van der Waals surface area contributed by atoms with Gasteiger partial charge < -0.3 is 9.30 Å². The number of aromatic nitrogens is 2. The zero-order valence-corrected chi connectivity index (χ0v) is 13.0. The van der Waals surface area contributed by atoms with Crippen LogP contribution in [0.4, 0.5) is 0 Å². The fourth-order valence-corrected chi connectivity index (χ4v) is 2.89. The van der Waals surface area contributed by atoms with Crippen molar-refractivity contribution in [1.82, 2.24) is 9.55 Å². The fourth-order valence-electron chi connectivity index (χ4n) is 2.31. The van der Waals surface area contributed by atoms with Gasteiger partial charge >= 0.3 is 5.97 Å². The Labute approximate surface area is 130 Å². The molecular weight excluding hydrogens is 332 g/mol. The molecule has 0 unspecified atom stereocenters. The molecule has 5 heteroatoms. The predicted octanol–water partition coefficient (Wildman–Crippen LogP) is 3.63. The summed E-state index contributed by atoms with van der Waals surface area (Å²) in [7, 11) is 1.39. The van der Waals surface area contributed by atoms with Crippen molar-refractivity contribution in [1.29, 1.82) is 0 Å². The number of pyridine rings is 1.